The van der Waals surface area contributed by atoms with E-state index in [0.717, 1.165) is 16.5 Å². The lowest BCUT2D eigenvalue weighted by molar-refractivity contribution is 0.0998. The molecular formula is C23H18O3. The highest BCUT2D eigenvalue weighted by molar-refractivity contribution is 6.10. The highest BCUT2D eigenvalue weighted by atomic mass is 16.5. The maximum Gasteiger partial charge on any atom is 0.228 e. The van der Waals surface area contributed by atoms with E-state index in [1.807, 2.05) is 78.9 Å². The summed E-state index contributed by atoms with van der Waals surface area (Å²) >= 11 is 0. The lowest BCUT2D eigenvalue weighted by atomic mass is 9.94. The van der Waals surface area contributed by atoms with Crippen molar-refractivity contribution in [3.05, 3.63) is 107 Å². The van der Waals surface area contributed by atoms with Crippen LogP contribution in [0.25, 0.3) is 11.0 Å². The molecular weight excluding hydrogens is 324 g/mol. The van der Waals surface area contributed by atoms with Gasteiger partial charge in [-0.15, -0.1) is 0 Å². The molecule has 0 radical (unpaired) electrons. The SMILES string of the molecule is COC(c1ccccc1)c1ccccc1C(=O)c1cc2ccccc2o1. The molecule has 0 aliphatic carbocycles. The number of hydrogen-bond donors (Lipinski definition) is 0. The third kappa shape index (κ3) is 2.93. The minimum atomic E-state index is -0.319. The van der Waals surface area contributed by atoms with E-state index in [1.165, 1.54) is 0 Å². The van der Waals surface area contributed by atoms with Crippen molar-refractivity contribution in [2.75, 3.05) is 7.11 Å². The molecule has 4 aromatic rings. The molecule has 0 N–H and O–H groups in total. The first-order valence-corrected chi connectivity index (χ1v) is 8.48. The predicted molar refractivity (Wildman–Crippen MR) is 101 cm³/mol. The van der Waals surface area contributed by atoms with Gasteiger partial charge in [0.05, 0.1) is 0 Å². The minimum Gasteiger partial charge on any atom is -0.453 e. The molecule has 128 valence electrons. The Morgan fingerprint density at radius 3 is 2.35 bits per heavy atom. The lowest BCUT2D eigenvalue weighted by Gasteiger charge is -2.19. The largest absolute Gasteiger partial charge is 0.453 e. The van der Waals surface area contributed by atoms with E-state index in [2.05, 4.69) is 0 Å². The summed E-state index contributed by atoms with van der Waals surface area (Å²) in [6.07, 6.45) is -0.319. The third-order valence-corrected chi connectivity index (χ3v) is 4.48. The molecule has 3 heteroatoms. The van der Waals surface area contributed by atoms with Gasteiger partial charge in [0, 0.05) is 18.1 Å². The van der Waals surface area contributed by atoms with Crippen molar-refractivity contribution in [2.24, 2.45) is 0 Å². The average Bonchev–Trinajstić information content (AvgIpc) is 3.13. The molecule has 4 rings (SSSR count). The number of rotatable bonds is 5. The zero-order chi connectivity index (χ0) is 17.9. The van der Waals surface area contributed by atoms with E-state index in [-0.39, 0.29) is 11.9 Å². The average molecular weight is 342 g/mol. The number of ketones is 1. The van der Waals surface area contributed by atoms with E-state index < -0.39 is 0 Å². The van der Waals surface area contributed by atoms with Crippen molar-refractivity contribution in [3.8, 4) is 0 Å². The van der Waals surface area contributed by atoms with Gasteiger partial charge in [-0.1, -0.05) is 72.8 Å². The molecule has 1 atom stereocenters. The van der Waals surface area contributed by atoms with Crippen molar-refractivity contribution < 1.29 is 13.9 Å². The number of furan rings is 1. The van der Waals surface area contributed by atoms with Crippen molar-refractivity contribution in [1.82, 2.24) is 0 Å². The van der Waals surface area contributed by atoms with E-state index in [0.29, 0.717) is 16.9 Å². The summed E-state index contributed by atoms with van der Waals surface area (Å²) in [6.45, 7) is 0. The monoisotopic (exact) mass is 342 g/mol. The van der Waals surface area contributed by atoms with Gasteiger partial charge in [0.2, 0.25) is 5.78 Å². The first-order valence-electron chi connectivity index (χ1n) is 8.48. The molecule has 3 aromatic carbocycles. The van der Waals surface area contributed by atoms with E-state index in [1.54, 1.807) is 13.2 Å². The van der Waals surface area contributed by atoms with Crippen LogP contribution >= 0.6 is 0 Å². The number of carbonyl (C=O) groups excluding carboxylic acids is 1. The van der Waals surface area contributed by atoms with Crippen LogP contribution in [0.1, 0.15) is 33.3 Å². The fourth-order valence-electron chi connectivity index (χ4n) is 3.23. The summed E-state index contributed by atoms with van der Waals surface area (Å²) in [5.74, 6) is 0.191. The smallest absolute Gasteiger partial charge is 0.228 e. The Hall–Kier alpha value is -3.17. The minimum absolute atomic E-state index is 0.144. The second-order valence-electron chi connectivity index (χ2n) is 6.09. The summed E-state index contributed by atoms with van der Waals surface area (Å²) < 4.78 is 11.5. The van der Waals surface area contributed by atoms with Gasteiger partial charge < -0.3 is 9.15 Å². The molecule has 0 aliphatic heterocycles. The second-order valence-corrected chi connectivity index (χ2v) is 6.09. The molecule has 1 heterocycles. The Bertz CT molecular complexity index is 1010. The number of ether oxygens (including phenoxy) is 1. The highest BCUT2D eigenvalue weighted by Crippen LogP contribution is 2.30. The quantitative estimate of drug-likeness (QED) is 0.456. The van der Waals surface area contributed by atoms with Gasteiger partial charge in [0.1, 0.15) is 11.7 Å². The van der Waals surface area contributed by atoms with Gasteiger partial charge in [0.15, 0.2) is 5.76 Å². The van der Waals surface area contributed by atoms with Crippen molar-refractivity contribution in [2.45, 2.75) is 6.10 Å². The molecule has 0 saturated heterocycles. The Labute approximate surface area is 151 Å². The fraction of sp³-hybridized carbons (Fsp3) is 0.0870. The first kappa shape index (κ1) is 16.3. The van der Waals surface area contributed by atoms with Gasteiger partial charge in [0.25, 0.3) is 0 Å². The number of methoxy groups -OCH3 is 1. The zero-order valence-electron chi connectivity index (χ0n) is 14.4. The number of benzene rings is 3. The summed E-state index contributed by atoms with van der Waals surface area (Å²) in [6, 6.07) is 26.8. The highest BCUT2D eigenvalue weighted by Gasteiger charge is 2.23. The van der Waals surface area contributed by atoms with Crippen LogP contribution < -0.4 is 0 Å². The molecule has 3 nitrogen and oxygen atoms in total. The Morgan fingerprint density at radius 1 is 0.885 bits per heavy atom. The van der Waals surface area contributed by atoms with Crippen molar-refractivity contribution >= 4 is 16.8 Å². The van der Waals surface area contributed by atoms with Crippen LogP contribution in [-0.4, -0.2) is 12.9 Å². The van der Waals surface area contributed by atoms with Gasteiger partial charge in [-0.2, -0.15) is 0 Å². The van der Waals surface area contributed by atoms with Crippen LogP contribution in [0.15, 0.2) is 89.3 Å². The van der Waals surface area contributed by atoms with Crippen LogP contribution in [0.4, 0.5) is 0 Å². The van der Waals surface area contributed by atoms with Gasteiger partial charge in [-0.05, 0) is 23.3 Å². The van der Waals surface area contributed by atoms with Crippen LogP contribution in [0.5, 0.6) is 0 Å². The second kappa shape index (κ2) is 6.98. The number of para-hydroxylation sites is 1. The van der Waals surface area contributed by atoms with Gasteiger partial charge in [-0.3, -0.25) is 4.79 Å². The fourth-order valence-corrected chi connectivity index (χ4v) is 3.23. The number of fused-ring (bicyclic) bond motifs is 1. The normalized spacial score (nSPS) is 12.2. The van der Waals surface area contributed by atoms with Crippen LogP contribution in [-0.2, 0) is 4.74 Å². The van der Waals surface area contributed by atoms with E-state index in [9.17, 15) is 4.79 Å². The van der Waals surface area contributed by atoms with Crippen LogP contribution in [0, 0.1) is 0 Å². The van der Waals surface area contributed by atoms with Gasteiger partial charge in [-0.25, -0.2) is 0 Å². The first-order chi connectivity index (χ1) is 12.8. The van der Waals surface area contributed by atoms with E-state index >= 15 is 0 Å². The molecule has 0 saturated carbocycles. The summed E-state index contributed by atoms with van der Waals surface area (Å²) in [7, 11) is 1.65. The zero-order valence-corrected chi connectivity index (χ0v) is 14.4. The molecule has 0 amide bonds. The van der Waals surface area contributed by atoms with Crippen molar-refractivity contribution in [3.63, 3.8) is 0 Å². The number of carbonyl (C=O) groups is 1. The molecule has 0 bridgehead atoms. The Morgan fingerprint density at radius 2 is 1.58 bits per heavy atom. The standard InChI is InChI=1S/C23H18O3/c1-25-23(16-9-3-2-4-10-16)19-13-7-6-12-18(19)22(24)21-15-17-11-5-8-14-20(17)26-21/h2-15,23H,1H3. The summed E-state index contributed by atoms with van der Waals surface area (Å²) in [5.41, 5.74) is 3.12. The summed E-state index contributed by atoms with van der Waals surface area (Å²) in [5, 5.41) is 0.916. The Balaban J connectivity index is 1.78. The topological polar surface area (TPSA) is 39.4 Å². The number of hydrogen-bond acceptors (Lipinski definition) is 3. The van der Waals surface area contributed by atoms with Crippen molar-refractivity contribution in [1.29, 1.82) is 0 Å². The molecule has 26 heavy (non-hydrogen) atoms. The lowest BCUT2D eigenvalue weighted by Crippen LogP contribution is -2.11. The molecule has 0 spiro atoms. The van der Waals surface area contributed by atoms with Crippen LogP contribution in [0.3, 0.4) is 0 Å². The van der Waals surface area contributed by atoms with E-state index in [4.69, 9.17) is 9.15 Å². The van der Waals surface area contributed by atoms with Crippen LogP contribution in [0.2, 0.25) is 0 Å². The molecule has 1 aromatic heterocycles. The molecule has 0 fully saturated rings. The molecule has 1 unspecified atom stereocenters. The summed E-state index contributed by atoms with van der Waals surface area (Å²) in [4.78, 5) is 13.1. The maximum absolute atomic E-state index is 13.1. The maximum atomic E-state index is 13.1. The molecule has 0 aliphatic rings. The van der Waals surface area contributed by atoms with Gasteiger partial charge >= 0.3 is 0 Å². The Kier molecular flexibility index (Phi) is 4.38. The third-order valence-electron chi connectivity index (χ3n) is 4.48. The predicted octanol–water partition coefficient (Wildman–Crippen LogP) is 5.40.